The van der Waals surface area contributed by atoms with Gasteiger partial charge in [0, 0.05) is 12.4 Å². The molecule has 72 valence electrons. The van der Waals surface area contributed by atoms with E-state index < -0.39 is 0 Å². The van der Waals surface area contributed by atoms with E-state index in [0.29, 0.717) is 9.26 Å². The predicted octanol–water partition coefficient (Wildman–Crippen LogP) is 1.91. The SMILES string of the molecule is O=c1[nH]ccn1-c1cccc(F)c1I. The molecule has 0 aliphatic carbocycles. The number of nitrogens with zero attached hydrogens (tertiary/aromatic N) is 1. The Morgan fingerprint density at radius 2 is 2.21 bits per heavy atom. The molecule has 0 spiro atoms. The molecule has 1 N–H and O–H groups in total. The molecule has 1 aromatic heterocycles. The van der Waals surface area contributed by atoms with Crippen LogP contribution in [-0.2, 0) is 0 Å². The quantitative estimate of drug-likeness (QED) is 0.803. The van der Waals surface area contributed by atoms with Gasteiger partial charge in [0.2, 0.25) is 0 Å². The number of aromatic nitrogens is 2. The van der Waals surface area contributed by atoms with Gasteiger partial charge in [-0.15, -0.1) is 0 Å². The second kappa shape index (κ2) is 3.56. The lowest BCUT2D eigenvalue weighted by molar-refractivity contribution is 0.618. The lowest BCUT2D eigenvalue weighted by Gasteiger charge is -2.04. The summed E-state index contributed by atoms with van der Waals surface area (Å²) in [4.78, 5) is 13.8. The van der Waals surface area contributed by atoms with Gasteiger partial charge in [0.15, 0.2) is 0 Å². The van der Waals surface area contributed by atoms with E-state index in [4.69, 9.17) is 0 Å². The van der Waals surface area contributed by atoms with Crippen LogP contribution < -0.4 is 5.69 Å². The first kappa shape index (κ1) is 9.45. The Bertz CT molecular complexity index is 518. The highest BCUT2D eigenvalue weighted by atomic mass is 127. The molecule has 1 aromatic carbocycles. The van der Waals surface area contributed by atoms with Crippen molar-refractivity contribution in [2.24, 2.45) is 0 Å². The summed E-state index contributed by atoms with van der Waals surface area (Å²) in [7, 11) is 0. The largest absolute Gasteiger partial charge is 0.330 e. The molecule has 0 saturated heterocycles. The number of nitrogens with one attached hydrogen (secondary N) is 1. The second-order valence-corrected chi connectivity index (χ2v) is 3.79. The minimum atomic E-state index is -0.323. The van der Waals surface area contributed by atoms with Crippen molar-refractivity contribution in [2.45, 2.75) is 0 Å². The molecule has 0 bridgehead atoms. The molecule has 0 fully saturated rings. The zero-order chi connectivity index (χ0) is 10.1. The first-order chi connectivity index (χ1) is 6.70. The molecule has 2 rings (SSSR count). The Hall–Kier alpha value is -1.11. The molecular formula is C9H6FIN2O. The van der Waals surface area contributed by atoms with Crippen molar-refractivity contribution in [1.82, 2.24) is 9.55 Å². The molecule has 0 saturated carbocycles. The van der Waals surface area contributed by atoms with E-state index in [1.54, 1.807) is 18.3 Å². The summed E-state index contributed by atoms with van der Waals surface area (Å²) in [5.41, 5.74) is 0.283. The third-order valence-corrected chi connectivity index (χ3v) is 2.91. The maximum absolute atomic E-state index is 13.2. The lowest BCUT2D eigenvalue weighted by atomic mass is 10.3. The Balaban J connectivity index is 2.69. The molecule has 14 heavy (non-hydrogen) atoms. The molecule has 5 heteroatoms. The van der Waals surface area contributed by atoms with Gasteiger partial charge in [-0.25, -0.2) is 9.18 Å². The van der Waals surface area contributed by atoms with Gasteiger partial charge in [-0.2, -0.15) is 0 Å². The summed E-state index contributed by atoms with van der Waals surface area (Å²) in [6.45, 7) is 0. The minimum Gasteiger partial charge on any atom is -0.312 e. The van der Waals surface area contributed by atoms with Crippen LogP contribution in [0.5, 0.6) is 0 Å². The maximum Gasteiger partial charge on any atom is 0.330 e. The summed E-state index contributed by atoms with van der Waals surface area (Å²) in [6.07, 6.45) is 3.09. The Labute approximate surface area is 92.7 Å². The van der Waals surface area contributed by atoms with Crippen LogP contribution >= 0.6 is 22.6 Å². The fourth-order valence-electron chi connectivity index (χ4n) is 1.19. The van der Waals surface area contributed by atoms with Crippen LogP contribution in [0.25, 0.3) is 5.69 Å². The predicted molar refractivity (Wildman–Crippen MR) is 59.1 cm³/mol. The van der Waals surface area contributed by atoms with E-state index in [1.807, 2.05) is 22.6 Å². The van der Waals surface area contributed by atoms with Crippen LogP contribution in [0.2, 0.25) is 0 Å². The molecule has 0 atom stereocenters. The highest BCUT2D eigenvalue weighted by molar-refractivity contribution is 14.1. The summed E-state index contributed by atoms with van der Waals surface area (Å²) in [5.74, 6) is -0.323. The Morgan fingerprint density at radius 3 is 2.86 bits per heavy atom. The number of benzene rings is 1. The van der Waals surface area contributed by atoms with Crippen LogP contribution in [0.15, 0.2) is 35.4 Å². The average molecular weight is 304 g/mol. The second-order valence-electron chi connectivity index (χ2n) is 2.71. The molecule has 3 nitrogen and oxygen atoms in total. The van der Waals surface area contributed by atoms with E-state index in [2.05, 4.69) is 4.98 Å². The van der Waals surface area contributed by atoms with Gasteiger partial charge in [-0.05, 0) is 34.7 Å². The molecule has 2 aromatic rings. The first-order valence-electron chi connectivity index (χ1n) is 3.90. The number of halogens is 2. The standard InChI is InChI=1S/C9H6FIN2O/c10-6-2-1-3-7(8(6)11)13-5-4-12-9(13)14/h1-5H,(H,12,14). The van der Waals surface area contributed by atoms with Gasteiger partial charge >= 0.3 is 5.69 Å². The third kappa shape index (κ3) is 1.47. The smallest absolute Gasteiger partial charge is 0.312 e. The molecule has 1 heterocycles. The fraction of sp³-hybridized carbons (Fsp3) is 0. The van der Waals surface area contributed by atoms with Gasteiger partial charge in [-0.1, -0.05) is 6.07 Å². The monoisotopic (exact) mass is 304 g/mol. The number of hydrogen-bond acceptors (Lipinski definition) is 1. The fourth-order valence-corrected chi connectivity index (χ4v) is 1.81. The van der Waals surface area contributed by atoms with Gasteiger partial charge in [-0.3, -0.25) is 4.57 Å². The van der Waals surface area contributed by atoms with Crippen molar-refractivity contribution in [3.8, 4) is 5.69 Å². The summed E-state index contributed by atoms with van der Waals surface area (Å²) >= 11 is 1.87. The minimum absolute atomic E-state index is 0.270. The van der Waals surface area contributed by atoms with Crippen molar-refractivity contribution < 1.29 is 4.39 Å². The number of aromatic amines is 1. The first-order valence-corrected chi connectivity index (χ1v) is 4.98. The lowest BCUT2D eigenvalue weighted by Crippen LogP contribution is -2.15. The van der Waals surface area contributed by atoms with Crippen molar-refractivity contribution >= 4 is 22.6 Å². The van der Waals surface area contributed by atoms with Gasteiger partial charge in [0.25, 0.3) is 0 Å². The normalized spacial score (nSPS) is 10.4. The van der Waals surface area contributed by atoms with E-state index in [0.717, 1.165) is 0 Å². The van der Waals surface area contributed by atoms with E-state index in [-0.39, 0.29) is 11.5 Å². The molecule has 0 aliphatic heterocycles. The van der Waals surface area contributed by atoms with Crippen molar-refractivity contribution in [3.05, 3.63) is 50.5 Å². The molecule has 0 aliphatic rings. The Morgan fingerprint density at radius 1 is 1.43 bits per heavy atom. The molecule has 0 amide bonds. The van der Waals surface area contributed by atoms with E-state index in [9.17, 15) is 9.18 Å². The van der Waals surface area contributed by atoms with Gasteiger partial charge in [0.1, 0.15) is 5.82 Å². The van der Waals surface area contributed by atoms with Gasteiger partial charge < -0.3 is 4.98 Å². The van der Waals surface area contributed by atoms with Crippen molar-refractivity contribution in [3.63, 3.8) is 0 Å². The van der Waals surface area contributed by atoms with Crippen LogP contribution in [0.3, 0.4) is 0 Å². The van der Waals surface area contributed by atoms with Crippen LogP contribution in [-0.4, -0.2) is 9.55 Å². The zero-order valence-corrected chi connectivity index (χ0v) is 9.16. The van der Waals surface area contributed by atoms with Crippen molar-refractivity contribution in [2.75, 3.05) is 0 Å². The van der Waals surface area contributed by atoms with Crippen LogP contribution in [0.1, 0.15) is 0 Å². The van der Waals surface area contributed by atoms with E-state index in [1.165, 1.54) is 16.8 Å². The maximum atomic E-state index is 13.2. The molecular weight excluding hydrogens is 298 g/mol. The summed E-state index contributed by atoms with van der Waals surface area (Å²) < 4.78 is 15.0. The highest BCUT2D eigenvalue weighted by Gasteiger charge is 2.07. The Kier molecular flexibility index (Phi) is 2.40. The van der Waals surface area contributed by atoms with E-state index >= 15 is 0 Å². The molecule has 0 unspecified atom stereocenters. The number of hydrogen-bond donors (Lipinski definition) is 1. The summed E-state index contributed by atoms with van der Waals surface area (Å²) in [5, 5.41) is 0. The summed E-state index contributed by atoms with van der Waals surface area (Å²) in [6, 6.07) is 4.63. The van der Waals surface area contributed by atoms with Gasteiger partial charge in [0.05, 0.1) is 9.26 Å². The molecule has 0 radical (unpaired) electrons. The number of imidazole rings is 1. The number of H-pyrrole nitrogens is 1. The topological polar surface area (TPSA) is 37.8 Å². The van der Waals surface area contributed by atoms with Crippen LogP contribution in [0, 0.1) is 9.39 Å². The highest BCUT2D eigenvalue weighted by Crippen LogP contribution is 2.18. The average Bonchev–Trinajstić information content (AvgIpc) is 2.57. The number of rotatable bonds is 1. The third-order valence-electron chi connectivity index (χ3n) is 1.84. The zero-order valence-electron chi connectivity index (χ0n) is 7.00. The van der Waals surface area contributed by atoms with Crippen molar-refractivity contribution in [1.29, 1.82) is 0 Å². The van der Waals surface area contributed by atoms with Crippen LogP contribution in [0.4, 0.5) is 4.39 Å².